The summed E-state index contributed by atoms with van der Waals surface area (Å²) in [7, 11) is 4.79. The van der Waals surface area contributed by atoms with Crippen molar-refractivity contribution in [2.75, 3.05) is 34.4 Å². The molecule has 1 heterocycles. The van der Waals surface area contributed by atoms with Crippen LogP contribution in [0, 0.1) is 5.92 Å². The Bertz CT molecular complexity index is 773. The van der Waals surface area contributed by atoms with Gasteiger partial charge in [-0.25, -0.2) is 0 Å². The van der Waals surface area contributed by atoms with Crippen molar-refractivity contribution in [2.45, 2.75) is 32.1 Å². The van der Waals surface area contributed by atoms with Gasteiger partial charge in [0.25, 0.3) is 0 Å². The molecule has 29 heavy (non-hydrogen) atoms. The van der Waals surface area contributed by atoms with Crippen LogP contribution in [0.25, 0.3) is 0 Å². The Morgan fingerprint density at radius 3 is 2.10 bits per heavy atom. The van der Waals surface area contributed by atoms with E-state index >= 15 is 0 Å². The SMILES string of the molecule is COc1cc(CCC(=O)N2CCC(Cc3ccccc3)CC2)cc(OC)c1OC. The second-order valence-corrected chi connectivity index (χ2v) is 7.55. The predicted molar refractivity (Wildman–Crippen MR) is 114 cm³/mol. The summed E-state index contributed by atoms with van der Waals surface area (Å²) < 4.78 is 16.2. The third-order valence-electron chi connectivity index (χ3n) is 5.69. The highest BCUT2D eigenvalue weighted by Crippen LogP contribution is 2.38. The molecule has 0 aliphatic carbocycles. The smallest absolute Gasteiger partial charge is 0.222 e. The average molecular weight is 398 g/mol. The number of benzene rings is 2. The van der Waals surface area contributed by atoms with E-state index in [0.29, 0.717) is 36.0 Å². The Morgan fingerprint density at radius 1 is 0.931 bits per heavy atom. The minimum Gasteiger partial charge on any atom is -0.493 e. The third kappa shape index (κ3) is 5.43. The van der Waals surface area contributed by atoms with Crippen LogP contribution in [0.4, 0.5) is 0 Å². The summed E-state index contributed by atoms with van der Waals surface area (Å²) in [6.45, 7) is 1.71. The van der Waals surface area contributed by atoms with Crippen LogP contribution in [0.2, 0.25) is 0 Å². The van der Waals surface area contributed by atoms with Crippen LogP contribution in [0.15, 0.2) is 42.5 Å². The van der Waals surface area contributed by atoms with E-state index in [-0.39, 0.29) is 5.91 Å². The molecule has 1 amide bonds. The lowest BCUT2D eigenvalue weighted by molar-refractivity contribution is -0.132. The maximum atomic E-state index is 12.7. The van der Waals surface area contributed by atoms with Crippen LogP contribution in [0.3, 0.4) is 0 Å². The number of carbonyl (C=O) groups is 1. The van der Waals surface area contributed by atoms with Gasteiger partial charge in [0, 0.05) is 19.5 Å². The van der Waals surface area contributed by atoms with Gasteiger partial charge in [0.2, 0.25) is 11.7 Å². The molecule has 0 aromatic heterocycles. The van der Waals surface area contributed by atoms with Crippen LogP contribution in [0.1, 0.15) is 30.4 Å². The van der Waals surface area contributed by atoms with Crippen LogP contribution in [-0.2, 0) is 17.6 Å². The van der Waals surface area contributed by atoms with Gasteiger partial charge in [0.05, 0.1) is 21.3 Å². The van der Waals surface area contributed by atoms with Gasteiger partial charge in [-0.15, -0.1) is 0 Å². The van der Waals surface area contributed by atoms with E-state index < -0.39 is 0 Å². The van der Waals surface area contributed by atoms with E-state index in [1.54, 1.807) is 21.3 Å². The topological polar surface area (TPSA) is 48.0 Å². The van der Waals surface area contributed by atoms with Gasteiger partial charge >= 0.3 is 0 Å². The van der Waals surface area contributed by atoms with Crippen molar-refractivity contribution < 1.29 is 19.0 Å². The molecule has 1 aliphatic heterocycles. The molecule has 0 unspecified atom stereocenters. The maximum absolute atomic E-state index is 12.7. The number of rotatable bonds is 8. The fourth-order valence-corrected chi connectivity index (χ4v) is 4.02. The van der Waals surface area contributed by atoms with Gasteiger partial charge in [-0.05, 0) is 54.9 Å². The molecule has 0 saturated carbocycles. The summed E-state index contributed by atoms with van der Waals surface area (Å²) in [4.78, 5) is 14.7. The highest BCUT2D eigenvalue weighted by atomic mass is 16.5. The Kier molecular flexibility index (Phi) is 7.39. The van der Waals surface area contributed by atoms with Crippen LogP contribution in [-0.4, -0.2) is 45.2 Å². The first kappa shape index (κ1) is 21.0. The largest absolute Gasteiger partial charge is 0.493 e. The van der Waals surface area contributed by atoms with Crippen molar-refractivity contribution in [2.24, 2.45) is 5.92 Å². The van der Waals surface area contributed by atoms with Crippen molar-refractivity contribution in [1.29, 1.82) is 0 Å². The molecule has 3 rings (SSSR count). The fraction of sp³-hybridized carbons (Fsp3) is 0.458. The molecule has 0 bridgehead atoms. The molecule has 0 atom stereocenters. The number of methoxy groups -OCH3 is 3. The molecule has 0 N–H and O–H groups in total. The highest BCUT2D eigenvalue weighted by Gasteiger charge is 2.23. The zero-order valence-electron chi connectivity index (χ0n) is 17.6. The van der Waals surface area contributed by atoms with E-state index in [1.807, 2.05) is 17.0 Å². The minimum absolute atomic E-state index is 0.219. The molecular formula is C24H31NO4. The van der Waals surface area contributed by atoms with Gasteiger partial charge in [0.15, 0.2) is 11.5 Å². The van der Waals surface area contributed by atoms with Crippen molar-refractivity contribution in [1.82, 2.24) is 4.90 Å². The van der Waals surface area contributed by atoms with Gasteiger partial charge < -0.3 is 19.1 Å². The Morgan fingerprint density at radius 2 is 1.55 bits per heavy atom. The maximum Gasteiger partial charge on any atom is 0.222 e. The summed E-state index contributed by atoms with van der Waals surface area (Å²) in [5.41, 5.74) is 2.39. The first-order chi connectivity index (χ1) is 14.1. The van der Waals surface area contributed by atoms with E-state index in [2.05, 4.69) is 30.3 Å². The minimum atomic E-state index is 0.219. The zero-order valence-corrected chi connectivity index (χ0v) is 17.6. The first-order valence-corrected chi connectivity index (χ1v) is 10.2. The number of amides is 1. The zero-order chi connectivity index (χ0) is 20.6. The van der Waals surface area contributed by atoms with Crippen molar-refractivity contribution in [3.63, 3.8) is 0 Å². The number of likely N-dealkylation sites (tertiary alicyclic amines) is 1. The Labute approximate surface area is 173 Å². The average Bonchev–Trinajstić information content (AvgIpc) is 2.77. The van der Waals surface area contributed by atoms with E-state index in [0.717, 1.165) is 37.9 Å². The van der Waals surface area contributed by atoms with Gasteiger partial charge in [-0.2, -0.15) is 0 Å². The van der Waals surface area contributed by atoms with Crippen molar-refractivity contribution in [3.05, 3.63) is 53.6 Å². The van der Waals surface area contributed by atoms with Crippen molar-refractivity contribution in [3.8, 4) is 17.2 Å². The molecule has 1 saturated heterocycles. The summed E-state index contributed by atoms with van der Waals surface area (Å²) in [5.74, 6) is 2.70. The van der Waals surface area contributed by atoms with Crippen LogP contribution in [0.5, 0.6) is 17.2 Å². The quantitative estimate of drug-likeness (QED) is 0.672. The number of piperidine rings is 1. The summed E-state index contributed by atoms with van der Waals surface area (Å²) in [6.07, 6.45) is 4.39. The number of hydrogen-bond acceptors (Lipinski definition) is 4. The summed E-state index contributed by atoms with van der Waals surface area (Å²) in [6, 6.07) is 14.5. The Hall–Kier alpha value is -2.69. The number of carbonyl (C=O) groups excluding carboxylic acids is 1. The molecule has 5 nitrogen and oxygen atoms in total. The molecule has 156 valence electrons. The van der Waals surface area contributed by atoms with Gasteiger partial charge in [-0.1, -0.05) is 30.3 Å². The highest BCUT2D eigenvalue weighted by molar-refractivity contribution is 5.76. The predicted octanol–water partition coefficient (Wildman–Crippen LogP) is 4.13. The fourth-order valence-electron chi connectivity index (χ4n) is 4.02. The summed E-state index contributed by atoms with van der Waals surface area (Å²) in [5, 5.41) is 0. The molecule has 0 spiro atoms. The number of aryl methyl sites for hydroxylation is 1. The van der Waals surface area contributed by atoms with E-state index in [9.17, 15) is 4.79 Å². The second-order valence-electron chi connectivity index (χ2n) is 7.55. The number of nitrogens with zero attached hydrogens (tertiary/aromatic N) is 1. The molecular weight excluding hydrogens is 366 g/mol. The van der Waals surface area contributed by atoms with Gasteiger partial charge in [-0.3, -0.25) is 4.79 Å². The monoisotopic (exact) mass is 397 g/mol. The van der Waals surface area contributed by atoms with Crippen LogP contribution >= 0.6 is 0 Å². The summed E-state index contributed by atoms with van der Waals surface area (Å²) >= 11 is 0. The lowest BCUT2D eigenvalue weighted by atomic mass is 9.90. The first-order valence-electron chi connectivity index (χ1n) is 10.2. The lowest BCUT2D eigenvalue weighted by Crippen LogP contribution is -2.39. The van der Waals surface area contributed by atoms with E-state index in [4.69, 9.17) is 14.2 Å². The van der Waals surface area contributed by atoms with E-state index in [1.165, 1.54) is 5.56 Å². The van der Waals surface area contributed by atoms with Gasteiger partial charge in [0.1, 0.15) is 0 Å². The second kappa shape index (κ2) is 10.2. The molecule has 1 aliphatic rings. The molecule has 0 radical (unpaired) electrons. The van der Waals surface area contributed by atoms with Crippen LogP contribution < -0.4 is 14.2 Å². The molecule has 5 heteroatoms. The standard InChI is InChI=1S/C24H31NO4/c1-27-21-16-20(17-22(28-2)24(21)29-3)9-10-23(26)25-13-11-19(12-14-25)15-18-7-5-4-6-8-18/h4-8,16-17,19H,9-15H2,1-3H3. The number of ether oxygens (including phenoxy) is 3. The number of hydrogen-bond donors (Lipinski definition) is 0. The third-order valence-corrected chi connectivity index (χ3v) is 5.69. The lowest BCUT2D eigenvalue weighted by Gasteiger charge is -2.32. The molecule has 1 fully saturated rings. The van der Waals surface area contributed by atoms with Crippen molar-refractivity contribution >= 4 is 5.91 Å². The molecule has 2 aromatic rings. The molecule has 2 aromatic carbocycles. The normalized spacial score (nSPS) is 14.5. The Balaban J connectivity index is 1.51.